The van der Waals surface area contributed by atoms with Crippen LogP contribution in [0.4, 0.5) is 5.82 Å². The van der Waals surface area contributed by atoms with Crippen LogP contribution < -0.4 is 10.5 Å². The van der Waals surface area contributed by atoms with E-state index in [9.17, 15) is 5.11 Å². The maximum atomic E-state index is 9.32. The van der Waals surface area contributed by atoms with E-state index < -0.39 is 0 Å². The Morgan fingerprint density at radius 3 is 2.79 bits per heavy atom. The number of ether oxygens (including phenoxy) is 1. The standard InChI is InChI=1S/C18H26N4O2/c19-18-16-7-6-15(12-17(16)20-13-21-18)24-11-9-22(8-10-23)14-4-2-1-3-5-14/h6-7,12-14,23H,1-5,8-11H2,(H2,19,20,21). The number of nitrogens with two attached hydrogens (primary N) is 1. The number of nitrogens with zero attached hydrogens (tertiary/aromatic N) is 3. The fourth-order valence-corrected chi connectivity index (χ4v) is 3.48. The molecule has 0 atom stereocenters. The van der Waals surface area contributed by atoms with Gasteiger partial charge in [0.05, 0.1) is 12.1 Å². The molecule has 2 aromatic rings. The second-order valence-corrected chi connectivity index (χ2v) is 6.34. The van der Waals surface area contributed by atoms with Gasteiger partial charge in [-0.25, -0.2) is 9.97 Å². The van der Waals surface area contributed by atoms with Gasteiger partial charge >= 0.3 is 0 Å². The van der Waals surface area contributed by atoms with E-state index in [0.717, 1.165) is 29.7 Å². The van der Waals surface area contributed by atoms with E-state index in [1.54, 1.807) is 0 Å². The summed E-state index contributed by atoms with van der Waals surface area (Å²) in [6.45, 7) is 2.34. The van der Waals surface area contributed by atoms with Crippen molar-refractivity contribution >= 4 is 16.7 Å². The number of aromatic nitrogens is 2. The van der Waals surface area contributed by atoms with Crippen LogP contribution in [0.5, 0.6) is 5.75 Å². The third-order valence-corrected chi connectivity index (χ3v) is 4.76. The van der Waals surface area contributed by atoms with Crippen molar-refractivity contribution in [3.05, 3.63) is 24.5 Å². The number of benzene rings is 1. The van der Waals surface area contributed by atoms with E-state index in [2.05, 4.69) is 14.9 Å². The quantitative estimate of drug-likeness (QED) is 0.810. The molecule has 24 heavy (non-hydrogen) atoms. The zero-order valence-corrected chi connectivity index (χ0v) is 14.0. The Bertz CT molecular complexity index is 659. The van der Waals surface area contributed by atoms with Gasteiger partial charge in [-0.05, 0) is 25.0 Å². The molecular weight excluding hydrogens is 304 g/mol. The van der Waals surface area contributed by atoms with Crippen LogP contribution in [0.3, 0.4) is 0 Å². The van der Waals surface area contributed by atoms with Crippen molar-refractivity contribution in [2.24, 2.45) is 0 Å². The highest BCUT2D eigenvalue weighted by Gasteiger charge is 2.20. The van der Waals surface area contributed by atoms with Crippen LogP contribution in [0.2, 0.25) is 0 Å². The largest absolute Gasteiger partial charge is 0.492 e. The predicted molar refractivity (Wildman–Crippen MR) is 95.0 cm³/mol. The highest BCUT2D eigenvalue weighted by atomic mass is 16.5. The molecule has 130 valence electrons. The first-order chi connectivity index (χ1) is 11.8. The van der Waals surface area contributed by atoms with Crippen LogP contribution >= 0.6 is 0 Å². The number of hydrogen-bond acceptors (Lipinski definition) is 6. The number of rotatable bonds is 7. The van der Waals surface area contributed by atoms with Gasteiger partial charge in [0.1, 0.15) is 24.5 Å². The topological polar surface area (TPSA) is 84.5 Å². The first-order valence-corrected chi connectivity index (χ1v) is 8.76. The summed E-state index contributed by atoms with van der Waals surface area (Å²) in [5, 5.41) is 10.2. The summed E-state index contributed by atoms with van der Waals surface area (Å²) >= 11 is 0. The summed E-state index contributed by atoms with van der Waals surface area (Å²) in [6, 6.07) is 6.27. The first kappa shape index (κ1) is 16.9. The molecule has 3 N–H and O–H groups in total. The molecule has 1 saturated carbocycles. The molecule has 0 saturated heterocycles. The van der Waals surface area contributed by atoms with Gasteiger partial charge in [-0.1, -0.05) is 19.3 Å². The maximum absolute atomic E-state index is 9.32. The SMILES string of the molecule is Nc1ncnc2cc(OCCN(CCO)C3CCCCC3)ccc12. The fraction of sp³-hybridized carbons (Fsp3) is 0.556. The van der Waals surface area contributed by atoms with Gasteiger partial charge in [-0.2, -0.15) is 0 Å². The lowest BCUT2D eigenvalue weighted by atomic mass is 9.94. The maximum Gasteiger partial charge on any atom is 0.134 e. The fourth-order valence-electron chi connectivity index (χ4n) is 3.48. The van der Waals surface area contributed by atoms with E-state index in [4.69, 9.17) is 10.5 Å². The normalized spacial score (nSPS) is 15.9. The Labute approximate surface area is 142 Å². The highest BCUT2D eigenvalue weighted by molar-refractivity contribution is 5.88. The lowest BCUT2D eigenvalue weighted by molar-refractivity contribution is 0.106. The van der Waals surface area contributed by atoms with E-state index >= 15 is 0 Å². The Morgan fingerprint density at radius 1 is 1.17 bits per heavy atom. The molecule has 1 aliphatic rings. The number of nitrogen functional groups attached to an aromatic ring is 1. The molecule has 1 fully saturated rings. The van der Waals surface area contributed by atoms with Crippen LogP contribution in [0, 0.1) is 0 Å². The molecule has 0 bridgehead atoms. The lowest BCUT2D eigenvalue weighted by Crippen LogP contribution is -2.41. The van der Waals surface area contributed by atoms with Crippen LogP contribution in [0.25, 0.3) is 10.9 Å². The predicted octanol–water partition coefficient (Wildman–Crippen LogP) is 2.22. The molecule has 0 radical (unpaired) electrons. The minimum Gasteiger partial charge on any atom is -0.492 e. The molecule has 6 heteroatoms. The summed E-state index contributed by atoms with van der Waals surface area (Å²) in [5.41, 5.74) is 6.63. The van der Waals surface area contributed by atoms with Crippen molar-refractivity contribution in [2.75, 3.05) is 32.0 Å². The van der Waals surface area contributed by atoms with Gasteiger partial charge < -0.3 is 15.6 Å². The van der Waals surface area contributed by atoms with E-state index in [1.807, 2.05) is 18.2 Å². The van der Waals surface area contributed by atoms with Crippen LogP contribution in [-0.4, -0.2) is 52.3 Å². The average Bonchev–Trinajstić information content (AvgIpc) is 2.62. The van der Waals surface area contributed by atoms with Crippen molar-refractivity contribution in [3.8, 4) is 5.75 Å². The van der Waals surface area contributed by atoms with Gasteiger partial charge in [0.2, 0.25) is 0 Å². The first-order valence-electron chi connectivity index (χ1n) is 8.76. The van der Waals surface area contributed by atoms with Crippen LogP contribution in [-0.2, 0) is 0 Å². The molecule has 0 spiro atoms. The minimum atomic E-state index is 0.197. The molecule has 1 aliphatic carbocycles. The van der Waals surface area contributed by atoms with E-state index in [0.29, 0.717) is 18.5 Å². The molecule has 1 aromatic heterocycles. The summed E-state index contributed by atoms with van der Waals surface area (Å²) < 4.78 is 5.90. The van der Waals surface area contributed by atoms with E-state index in [1.165, 1.54) is 38.4 Å². The average molecular weight is 330 g/mol. The number of hydrogen-bond donors (Lipinski definition) is 2. The number of fused-ring (bicyclic) bond motifs is 1. The second-order valence-electron chi connectivity index (χ2n) is 6.34. The van der Waals surface area contributed by atoms with Gasteiger partial charge in [0, 0.05) is 30.6 Å². The molecular formula is C18H26N4O2. The third kappa shape index (κ3) is 4.13. The Hall–Kier alpha value is -1.92. The van der Waals surface area contributed by atoms with Crippen LogP contribution in [0.1, 0.15) is 32.1 Å². The Kier molecular flexibility index (Phi) is 5.82. The van der Waals surface area contributed by atoms with Crippen molar-refractivity contribution in [2.45, 2.75) is 38.1 Å². The van der Waals surface area contributed by atoms with Crippen molar-refractivity contribution in [1.82, 2.24) is 14.9 Å². The molecule has 0 aliphatic heterocycles. The molecule has 1 aromatic carbocycles. The monoisotopic (exact) mass is 330 g/mol. The molecule has 6 nitrogen and oxygen atoms in total. The Morgan fingerprint density at radius 2 is 2.00 bits per heavy atom. The van der Waals surface area contributed by atoms with E-state index in [-0.39, 0.29) is 6.61 Å². The molecule has 0 amide bonds. The minimum absolute atomic E-state index is 0.197. The van der Waals surface area contributed by atoms with Gasteiger partial charge in [-0.3, -0.25) is 4.90 Å². The zero-order chi connectivity index (χ0) is 16.8. The number of aliphatic hydroxyl groups is 1. The van der Waals surface area contributed by atoms with Gasteiger partial charge in [0.25, 0.3) is 0 Å². The summed E-state index contributed by atoms with van der Waals surface area (Å²) in [4.78, 5) is 10.6. The van der Waals surface area contributed by atoms with Gasteiger partial charge in [-0.15, -0.1) is 0 Å². The third-order valence-electron chi connectivity index (χ3n) is 4.76. The van der Waals surface area contributed by atoms with Gasteiger partial charge in [0.15, 0.2) is 0 Å². The lowest BCUT2D eigenvalue weighted by Gasteiger charge is -2.33. The number of aliphatic hydroxyl groups excluding tert-OH is 1. The summed E-state index contributed by atoms with van der Waals surface area (Å²) in [7, 11) is 0. The molecule has 1 heterocycles. The van der Waals surface area contributed by atoms with Crippen LogP contribution in [0.15, 0.2) is 24.5 Å². The summed E-state index contributed by atoms with van der Waals surface area (Å²) in [5.74, 6) is 1.27. The van der Waals surface area contributed by atoms with Crippen molar-refractivity contribution in [1.29, 1.82) is 0 Å². The number of anilines is 1. The molecule has 3 rings (SSSR count). The Balaban J connectivity index is 1.58. The second kappa shape index (κ2) is 8.26. The zero-order valence-electron chi connectivity index (χ0n) is 14.0. The molecule has 0 unspecified atom stereocenters. The van der Waals surface area contributed by atoms with Crippen molar-refractivity contribution < 1.29 is 9.84 Å². The highest BCUT2D eigenvalue weighted by Crippen LogP contribution is 2.24. The summed E-state index contributed by atoms with van der Waals surface area (Å²) in [6.07, 6.45) is 7.84. The van der Waals surface area contributed by atoms with Crippen molar-refractivity contribution in [3.63, 3.8) is 0 Å². The smallest absolute Gasteiger partial charge is 0.134 e.